The van der Waals surface area contributed by atoms with Crippen molar-refractivity contribution in [2.45, 2.75) is 64.6 Å². The number of nitrogens with two attached hydrogens (primary N) is 1. The SMILES string of the molecule is CC(C)(C)OC(=O)N(CC1CC1)c1cc(-c2nc(C(=O)Nc3cn(CC#CC#CCOCCOCCNc4cccc5c4C(=O)N(C4CCC(=O)NC4=O)C5=O)nc3C(N)=O)co2)ccn1. The number of hydrogen-bond acceptors (Lipinski definition) is 15. The third-order valence-corrected chi connectivity index (χ3v) is 10.1. The molecule has 1 aromatic carbocycles. The Balaban J connectivity index is 0.831. The largest absolute Gasteiger partial charge is 0.444 e. The van der Waals surface area contributed by atoms with E-state index in [1.54, 1.807) is 45.0 Å². The van der Waals surface area contributed by atoms with E-state index in [-0.39, 0.29) is 79.9 Å². The fourth-order valence-electron chi connectivity index (χ4n) is 6.82. The molecule has 7 rings (SSSR count). The topological polar surface area (TPSA) is 273 Å². The first kappa shape index (κ1) is 46.1. The third-order valence-electron chi connectivity index (χ3n) is 10.1. The van der Waals surface area contributed by atoms with Gasteiger partial charge in [0.05, 0.1) is 42.8 Å². The number of rotatable bonds is 17. The molecule has 342 valence electrons. The number of carbonyl (C=O) groups is 7. The lowest BCUT2D eigenvalue weighted by atomic mass is 10.0. The summed E-state index contributed by atoms with van der Waals surface area (Å²) in [5.74, 6) is 7.81. The molecule has 2 fully saturated rings. The number of ether oxygens (including phenoxy) is 3. The zero-order chi connectivity index (χ0) is 47.0. The molecule has 3 aromatic heterocycles. The number of carbonyl (C=O) groups excluding carboxylic acids is 7. The van der Waals surface area contributed by atoms with Crippen LogP contribution in [0.5, 0.6) is 0 Å². The molecule has 1 aliphatic carbocycles. The van der Waals surface area contributed by atoms with Crippen molar-refractivity contribution in [3.63, 3.8) is 0 Å². The van der Waals surface area contributed by atoms with Crippen molar-refractivity contribution in [1.29, 1.82) is 0 Å². The van der Waals surface area contributed by atoms with Crippen LogP contribution < -0.4 is 26.6 Å². The van der Waals surface area contributed by atoms with Crippen LogP contribution >= 0.6 is 0 Å². The maximum absolute atomic E-state index is 13.2. The van der Waals surface area contributed by atoms with Gasteiger partial charge in [-0.2, -0.15) is 5.10 Å². The first-order chi connectivity index (χ1) is 31.7. The molecule has 1 atom stereocenters. The van der Waals surface area contributed by atoms with Crippen LogP contribution in [0.25, 0.3) is 11.5 Å². The van der Waals surface area contributed by atoms with Crippen LogP contribution in [0.1, 0.15) is 88.1 Å². The van der Waals surface area contributed by atoms with Gasteiger partial charge in [-0.3, -0.25) is 48.6 Å². The molecule has 1 unspecified atom stereocenters. The van der Waals surface area contributed by atoms with Gasteiger partial charge in [0.1, 0.15) is 36.9 Å². The van der Waals surface area contributed by atoms with Gasteiger partial charge in [0.15, 0.2) is 11.4 Å². The fraction of sp³-hybridized carbons (Fsp3) is 0.378. The average molecular weight is 903 g/mol. The van der Waals surface area contributed by atoms with E-state index in [0.717, 1.165) is 24.0 Å². The second kappa shape index (κ2) is 20.3. The van der Waals surface area contributed by atoms with Crippen molar-refractivity contribution in [2.75, 3.05) is 55.1 Å². The molecular weight excluding hydrogens is 857 g/mol. The molecule has 0 bridgehead atoms. The number of oxazole rings is 1. The normalized spacial score (nSPS) is 15.5. The molecule has 1 saturated carbocycles. The summed E-state index contributed by atoms with van der Waals surface area (Å²) >= 11 is 0. The first-order valence-electron chi connectivity index (χ1n) is 21.0. The highest BCUT2D eigenvalue weighted by Gasteiger charge is 2.45. The molecule has 0 radical (unpaired) electrons. The van der Waals surface area contributed by atoms with Gasteiger partial charge in [-0.05, 0) is 82.1 Å². The summed E-state index contributed by atoms with van der Waals surface area (Å²) in [5, 5.41) is 12.0. The van der Waals surface area contributed by atoms with Gasteiger partial charge >= 0.3 is 6.09 Å². The lowest BCUT2D eigenvalue weighted by molar-refractivity contribution is -0.136. The van der Waals surface area contributed by atoms with Crippen LogP contribution in [-0.2, 0) is 30.3 Å². The first-order valence-corrected chi connectivity index (χ1v) is 21.0. The van der Waals surface area contributed by atoms with Crippen LogP contribution in [0.4, 0.5) is 22.0 Å². The summed E-state index contributed by atoms with van der Waals surface area (Å²) in [6, 6.07) is 7.02. The van der Waals surface area contributed by atoms with Crippen molar-refractivity contribution < 1.29 is 52.2 Å². The van der Waals surface area contributed by atoms with Crippen LogP contribution in [0, 0.1) is 29.6 Å². The summed E-state index contributed by atoms with van der Waals surface area (Å²) in [4.78, 5) is 99.7. The van der Waals surface area contributed by atoms with Crippen LogP contribution in [0.2, 0.25) is 0 Å². The van der Waals surface area contributed by atoms with Gasteiger partial charge < -0.3 is 35.0 Å². The average Bonchev–Trinajstić information content (AvgIpc) is 3.67. The molecule has 2 aliphatic heterocycles. The minimum atomic E-state index is -1.05. The molecule has 3 aliphatic rings. The number of anilines is 3. The number of nitrogens with zero attached hydrogens (tertiary/aromatic N) is 6. The minimum Gasteiger partial charge on any atom is -0.444 e. The zero-order valence-electron chi connectivity index (χ0n) is 36.3. The molecule has 21 heteroatoms. The number of hydrogen-bond donors (Lipinski definition) is 4. The smallest absolute Gasteiger partial charge is 0.416 e. The van der Waals surface area contributed by atoms with E-state index in [9.17, 15) is 33.6 Å². The van der Waals surface area contributed by atoms with Crippen LogP contribution in [-0.4, -0.2) is 117 Å². The summed E-state index contributed by atoms with van der Waals surface area (Å²) in [5.41, 5.74) is 5.81. The minimum absolute atomic E-state index is 0.0153. The number of amides is 7. The Hall–Kier alpha value is -7.88. The Morgan fingerprint density at radius 2 is 1.79 bits per heavy atom. The van der Waals surface area contributed by atoms with Gasteiger partial charge in [-0.25, -0.2) is 14.8 Å². The van der Waals surface area contributed by atoms with Crippen molar-refractivity contribution in [1.82, 2.24) is 30.0 Å². The van der Waals surface area contributed by atoms with E-state index in [1.807, 2.05) is 0 Å². The number of imide groups is 2. The Morgan fingerprint density at radius 3 is 2.55 bits per heavy atom. The molecule has 0 spiro atoms. The van der Waals surface area contributed by atoms with Gasteiger partial charge in [-0.1, -0.05) is 17.9 Å². The number of aromatic nitrogens is 4. The molecule has 7 amide bonds. The number of benzene rings is 1. The summed E-state index contributed by atoms with van der Waals surface area (Å²) in [7, 11) is 0. The summed E-state index contributed by atoms with van der Waals surface area (Å²) in [6.45, 7) is 6.97. The molecule has 5 heterocycles. The van der Waals surface area contributed by atoms with Crippen LogP contribution in [0.15, 0.2) is 53.4 Å². The molecule has 21 nitrogen and oxygen atoms in total. The predicted molar refractivity (Wildman–Crippen MR) is 234 cm³/mol. The Labute approximate surface area is 378 Å². The van der Waals surface area contributed by atoms with E-state index in [4.69, 9.17) is 24.4 Å². The third kappa shape index (κ3) is 11.4. The number of primary amides is 1. The van der Waals surface area contributed by atoms with Gasteiger partial charge in [0.2, 0.25) is 17.7 Å². The standard InChI is InChI=1S/C45H46N10O11/c1-45(2,3)66-44(62)54(24-27-11-12-27)34-23-28(15-16-48-34)41-50-32(26-65-41)39(58)49-31-25-53(52-37(31)38(46)57)18-6-4-5-7-19-63-21-22-64-20-17-47-30-10-8-9-29-36(30)43(61)55(42(29)60)33-13-14-35(56)51-40(33)59/h8-10,15-16,23,25-27,33,47H,11-14,17-22,24H2,1-3H3,(H2,46,57)(H,49,58)(H,51,56,59). The van der Waals surface area contributed by atoms with Crippen molar-refractivity contribution in [2.24, 2.45) is 11.7 Å². The molecular formula is C45H46N10O11. The number of nitrogens with one attached hydrogen (secondary N) is 3. The number of piperidine rings is 1. The lowest BCUT2D eigenvalue weighted by Crippen LogP contribution is -2.54. The Kier molecular flexibility index (Phi) is 14.2. The quantitative estimate of drug-likeness (QED) is 0.0674. The Morgan fingerprint density at radius 1 is 1.00 bits per heavy atom. The monoisotopic (exact) mass is 902 g/mol. The van der Waals surface area contributed by atoms with Crippen molar-refractivity contribution in [3.8, 4) is 35.1 Å². The van der Waals surface area contributed by atoms with E-state index in [0.29, 0.717) is 36.1 Å². The van der Waals surface area contributed by atoms with Crippen LogP contribution in [0.3, 0.4) is 0 Å². The van der Waals surface area contributed by atoms with Crippen molar-refractivity contribution >= 4 is 58.7 Å². The number of fused-ring (bicyclic) bond motifs is 1. The highest BCUT2D eigenvalue weighted by Crippen LogP contribution is 2.34. The van der Waals surface area contributed by atoms with Gasteiger partial charge in [0.25, 0.3) is 23.6 Å². The lowest BCUT2D eigenvalue weighted by Gasteiger charge is -2.27. The molecule has 4 aromatic rings. The highest BCUT2D eigenvalue weighted by molar-refractivity contribution is 6.25. The fourth-order valence-corrected chi connectivity index (χ4v) is 6.82. The predicted octanol–water partition coefficient (Wildman–Crippen LogP) is 2.99. The maximum Gasteiger partial charge on any atom is 0.416 e. The molecule has 5 N–H and O–H groups in total. The van der Waals surface area contributed by atoms with E-state index in [1.165, 1.54) is 28.0 Å². The Bertz CT molecular complexity index is 2690. The van der Waals surface area contributed by atoms with Gasteiger partial charge in [0, 0.05) is 37.0 Å². The summed E-state index contributed by atoms with van der Waals surface area (Å²) < 4.78 is 23.6. The van der Waals surface area contributed by atoms with E-state index >= 15 is 0 Å². The second-order valence-corrected chi connectivity index (χ2v) is 16.3. The van der Waals surface area contributed by atoms with Gasteiger partial charge in [-0.15, -0.1) is 0 Å². The summed E-state index contributed by atoms with van der Waals surface area (Å²) in [6.07, 6.45) is 5.65. The number of pyridine rings is 1. The van der Waals surface area contributed by atoms with E-state index < -0.39 is 53.2 Å². The second-order valence-electron chi connectivity index (χ2n) is 16.3. The van der Waals surface area contributed by atoms with Crippen molar-refractivity contribution in [3.05, 3.63) is 71.5 Å². The maximum atomic E-state index is 13.2. The highest BCUT2D eigenvalue weighted by atomic mass is 16.6. The molecule has 66 heavy (non-hydrogen) atoms. The van der Waals surface area contributed by atoms with E-state index in [2.05, 4.69) is 54.7 Å². The zero-order valence-corrected chi connectivity index (χ0v) is 36.3. The molecule has 1 saturated heterocycles.